The fourth-order valence-corrected chi connectivity index (χ4v) is 4.44. The molecule has 1 fully saturated rings. The standard InChI is InChI=1S/C20H23Cl2NO2/c1-20(2,13-6-4-3-5-7-13)17-11-16(24)18(19(25)23-17)12-8-14(21)10-15(22)9-12/h8-11,13H,3-7H2,1-2H3,(H2,23,24,25). The van der Waals surface area contributed by atoms with Gasteiger partial charge in [0.25, 0.3) is 5.56 Å². The van der Waals surface area contributed by atoms with Gasteiger partial charge in [-0.1, -0.05) is 56.3 Å². The molecule has 1 aliphatic rings. The van der Waals surface area contributed by atoms with Crippen LogP contribution in [-0.2, 0) is 5.41 Å². The topological polar surface area (TPSA) is 53.1 Å². The molecule has 25 heavy (non-hydrogen) atoms. The van der Waals surface area contributed by atoms with Crippen molar-refractivity contribution < 1.29 is 5.11 Å². The predicted octanol–water partition coefficient (Wildman–Crippen LogP) is 5.91. The number of aromatic nitrogens is 1. The Kier molecular flexibility index (Phi) is 5.17. The number of rotatable bonds is 3. The van der Waals surface area contributed by atoms with Crippen LogP contribution in [0.15, 0.2) is 29.1 Å². The molecule has 134 valence electrons. The van der Waals surface area contributed by atoms with Crippen molar-refractivity contribution in [3.05, 3.63) is 50.4 Å². The zero-order chi connectivity index (χ0) is 18.2. The SMILES string of the molecule is CC(C)(c1cc(O)c(-c2cc(Cl)cc(Cl)c2)c(=O)[nH]1)C1CCCCC1. The molecule has 0 unspecified atom stereocenters. The minimum absolute atomic E-state index is 0.0408. The van der Waals surface area contributed by atoms with Crippen LogP contribution in [-0.4, -0.2) is 10.1 Å². The largest absolute Gasteiger partial charge is 0.507 e. The maximum Gasteiger partial charge on any atom is 0.259 e. The lowest BCUT2D eigenvalue weighted by molar-refractivity contribution is 0.230. The Hall–Kier alpha value is -1.45. The van der Waals surface area contributed by atoms with Crippen LogP contribution in [0.5, 0.6) is 5.75 Å². The molecule has 0 atom stereocenters. The van der Waals surface area contributed by atoms with Gasteiger partial charge in [0, 0.05) is 27.2 Å². The lowest BCUT2D eigenvalue weighted by Gasteiger charge is -2.37. The molecule has 0 radical (unpaired) electrons. The average molecular weight is 380 g/mol. The van der Waals surface area contributed by atoms with Gasteiger partial charge in [0.2, 0.25) is 0 Å². The van der Waals surface area contributed by atoms with Crippen molar-refractivity contribution in [1.82, 2.24) is 4.98 Å². The second-order valence-electron chi connectivity index (χ2n) is 7.49. The highest BCUT2D eigenvalue weighted by Gasteiger charge is 2.34. The first kappa shape index (κ1) is 18.3. The first-order chi connectivity index (χ1) is 11.8. The molecular formula is C20H23Cl2NO2. The molecule has 3 nitrogen and oxygen atoms in total. The third kappa shape index (κ3) is 3.73. The summed E-state index contributed by atoms with van der Waals surface area (Å²) in [5.41, 5.74) is 0.975. The Labute approximate surface area is 158 Å². The molecular weight excluding hydrogens is 357 g/mol. The van der Waals surface area contributed by atoms with Crippen LogP contribution in [0.2, 0.25) is 10.0 Å². The number of hydrogen-bond donors (Lipinski definition) is 2. The summed E-state index contributed by atoms with van der Waals surface area (Å²) in [6.07, 6.45) is 6.04. The van der Waals surface area contributed by atoms with E-state index in [9.17, 15) is 9.90 Å². The molecule has 0 bridgehead atoms. The minimum Gasteiger partial charge on any atom is -0.507 e. The average Bonchev–Trinajstić information content (AvgIpc) is 2.54. The molecule has 1 aromatic carbocycles. The van der Waals surface area contributed by atoms with Crippen molar-refractivity contribution in [1.29, 1.82) is 0 Å². The maximum atomic E-state index is 12.7. The van der Waals surface area contributed by atoms with Crippen molar-refractivity contribution in [2.75, 3.05) is 0 Å². The van der Waals surface area contributed by atoms with Gasteiger partial charge in [-0.25, -0.2) is 0 Å². The van der Waals surface area contributed by atoms with Crippen molar-refractivity contribution in [2.45, 2.75) is 51.4 Å². The fraction of sp³-hybridized carbons (Fsp3) is 0.450. The number of halogens is 2. The van der Waals surface area contributed by atoms with Crippen molar-refractivity contribution in [3.8, 4) is 16.9 Å². The molecule has 5 heteroatoms. The number of nitrogens with one attached hydrogen (secondary N) is 1. The number of pyridine rings is 1. The molecule has 1 aromatic heterocycles. The van der Waals surface area contributed by atoms with Crippen molar-refractivity contribution in [2.24, 2.45) is 5.92 Å². The Morgan fingerprint density at radius 1 is 1.04 bits per heavy atom. The summed E-state index contributed by atoms with van der Waals surface area (Å²) in [6, 6.07) is 6.53. The summed E-state index contributed by atoms with van der Waals surface area (Å²) in [7, 11) is 0. The van der Waals surface area contributed by atoms with Crippen molar-refractivity contribution >= 4 is 23.2 Å². The van der Waals surface area contributed by atoms with Crippen LogP contribution in [0.4, 0.5) is 0 Å². The van der Waals surface area contributed by atoms with E-state index in [1.54, 1.807) is 24.3 Å². The zero-order valence-electron chi connectivity index (χ0n) is 14.5. The van der Waals surface area contributed by atoms with Gasteiger partial charge in [0.15, 0.2) is 0 Å². The molecule has 3 rings (SSSR count). The van der Waals surface area contributed by atoms with Gasteiger partial charge < -0.3 is 10.1 Å². The summed E-state index contributed by atoms with van der Waals surface area (Å²) in [6.45, 7) is 4.28. The summed E-state index contributed by atoms with van der Waals surface area (Å²) in [5.74, 6) is 0.462. The Balaban J connectivity index is 2.04. The predicted molar refractivity (Wildman–Crippen MR) is 104 cm³/mol. The van der Waals surface area contributed by atoms with Crippen LogP contribution in [0, 0.1) is 5.92 Å². The first-order valence-corrected chi connectivity index (χ1v) is 9.48. The first-order valence-electron chi connectivity index (χ1n) is 8.72. The molecule has 1 saturated carbocycles. The lowest BCUT2D eigenvalue weighted by Crippen LogP contribution is -2.33. The minimum atomic E-state index is -0.322. The Bertz CT molecular complexity index is 816. The Morgan fingerprint density at radius 2 is 1.64 bits per heavy atom. The van der Waals surface area contributed by atoms with Gasteiger partial charge in [0.1, 0.15) is 5.75 Å². The summed E-state index contributed by atoms with van der Waals surface area (Å²) in [5, 5.41) is 11.4. The fourth-order valence-electron chi connectivity index (χ4n) is 3.91. The van der Waals surface area contributed by atoms with Gasteiger partial charge in [-0.15, -0.1) is 0 Å². The van der Waals surface area contributed by atoms with Gasteiger partial charge in [-0.3, -0.25) is 4.79 Å². The smallest absolute Gasteiger partial charge is 0.259 e. The highest BCUT2D eigenvalue weighted by Crippen LogP contribution is 2.41. The molecule has 0 spiro atoms. The number of benzene rings is 1. The monoisotopic (exact) mass is 379 g/mol. The second kappa shape index (κ2) is 7.05. The van der Waals surface area contributed by atoms with Gasteiger partial charge in [-0.05, 0) is 42.5 Å². The van der Waals surface area contributed by atoms with E-state index < -0.39 is 0 Å². The molecule has 2 aromatic rings. The van der Waals surface area contributed by atoms with Crippen molar-refractivity contribution in [3.63, 3.8) is 0 Å². The van der Waals surface area contributed by atoms with Gasteiger partial charge >= 0.3 is 0 Å². The molecule has 0 aliphatic heterocycles. The van der Waals surface area contributed by atoms with Crippen LogP contribution < -0.4 is 5.56 Å². The Morgan fingerprint density at radius 3 is 2.20 bits per heavy atom. The molecule has 0 saturated heterocycles. The van der Waals surface area contributed by atoms with Crippen LogP contribution >= 0.6 is 23.2 Å². The number of aromatic hydroxyl groups is 1. The maximum absolute atomic E-state index is 12.7. The number of aromatic amines is 1. The highest BCUT2D eigenvalue weighted by molar-refractivity contribution is 6.35. The molecule has 0 amide bonds. The van der Waals surface area contributed by atoms with E-state index >= 15 is 0 Å². The quantitative estimate of drug-likeness (QED) is 0.695. The summed E-state index contributed by atoms with van der Waals surface area (Å²) < 4.78 is 0. The number of hydrogen-bond acceptors (Lipinski definition) is 2. The lowest BCUT2D eigenvalue weighted by atomic mass is 9.69. The normalized spacial score (nSPS) is 16.2. The molecule has 1 aliphatic carbocycles. The molecule has 1 heterocycles. The molecule has 2 N–H and O–H groups in total. The summed E-state index contributed by atoms with van der Waals surface area (Å²) in [4.78, 5) is 15.7. The van der Waals surface area contributed by atoms with Gasteiger partial charge in [-0.2, -0.15) is 0 Å². The number of H-pyrrole nitrogens is 1. The third-order valence-electron chi connectivity index (χ3n) is 5.48. The third-order valence-corrected chi connectivity index (χ3v) is 5.92. The van der Waals surface area contributed by atoms with E-state index in [1.807, 2.05) is 0 Å². The highest BCUT2D eigenvalue weighted by atomic mass is 35.5. The van der Waals surface area contributed by atoms with E-state index in [2.05, 4.69) is 18.8 Å². The van der Waals surface area contributed by atoms with E-state index in [-0.39, 0.29) is 22.3 Å². The van der Waals surface area contributed by atoms with Gasteiger partial charge in [0.05, 0.1) is 5.56 Å². The van der Waals surface area contributed by atoms with E-state index in [4.69, 9.17) is 23.2 Å². The van der Waals surface area contributed by atoms with E-state index in [0.29, 0.717) is 21.5 Å². The van der Waals surface area contributed by atoms with E-state index in [0.717, 1.165) is 18.5 Å². The van der Waals surface area contributed by atoms with Crippen LogP contribution in [0.25, 0.3) is 11.1 Å². The van der Waals surface area contributed by atoms with Crippen LogP contribution in [0.3, 0.4) is 0 Å². The summed E-state index contributed by atoms with van der Waals surface area (Å²) >= 11 is 12.1. The van der Waals surface area contributed by atoms with Crippen LogP contribution in [0.1, 0.15) is 51.6 Å². The zero-order valence-corrected chi connectivity index (χ0v) is 16.0. The van der Waals surface area contributed by atoms with E-state index in [1.165, 1.54) is 19.3 Å². The second-order valence-corrected chi connectivity index (χ2v) is 8.36.